The Morgan fingerprint density at radius 2 is 1.89 bits per heavy atom. The van der Waals surface area contributed by atoms with Crippen molar-refractivity contribution in [3.63, 3.8) is 0 Å². The maximum Gasteiger partial charge on any atom is 0.188 e. The molecule has 0 N–H and O–H groups in total. The average Bonchev–Trinajstić information content (AvgIpc) is 2.71. The largest absolute Gasteiger partial charge is 0.491 e. The van der Waals surface area contributed by atoms with E-state index in [1.165, 1.54) is 0 Å². The van der Waals surface area contributed by atoms with Crippen molar-refractivity contribution >= 4 is 0 Å². The Morgan fingerprint density at radius 3 is 2.47 bits per heavy atom. The molecule has 2 aromatic rings. The van der Waals surface area contributed by atoms with Crippen molar-refractivity contribution < 1.29 is 9.13 Å². The van der Waals surface area contributed by atoms with Gasteiger partial charge in [0.15, 0.2) is 11.6 Å². The minimum absolute atomic E-state index is 0.157. The number of rotatable bonds is 4. The van der Waals surface area contributed by atoms with E-state index in [2.05, 4.69) is 9.55 Å². The van der Waals surface area contributed by atoms with Gasteiger partial charge >= 0.3 is 0 Å². The first kappa shape index (κ1) is 13.6. The van der Waals surface area contributed by atoms with E-state index in [4.69, 9.17) is 4.74 Å². The van der Waals surface area contributed by atoms with Gasteiger partial charge in [-0.2, -0.15) is 0 Å². The zero-order chi connectivity index (χ0) is 14.0. The molecule has 0 aliphatic rings. The number of aromatic nitrogens is 2. The van der Waals surface area contributed by atoms with Gasteiger partial charge in [-0.15, -0.1) is 0 Å². The summed E-state index contributed by atoms with van der Waals surface area (Å²) in [5.74, 6) is -0.105. The van der Waals surface area contributed by atoms with Crippen LogP contribution in [0.2, 0.25) is 0 Å². The minimum Gasteiger partial charge on any atom is -0.491 e. The van der Waals surface area contributed by atoms with Crippen LogP contribution in [0, 0.1) is 19.7 Å². The van der Waals surface area contributed by atoms with Crippen LogP contribution in [-0.4, -0.2) is 16.2 Å². The molecule has 1 atom stereocenters. The highest BCUT2D eigenvalue weighted by Gasteiger charge is 2.19. The number of nitrogens with zero attached hydrogens (tertiary/aromatic N) is 2. The minimum atomic E-state index is -0.371. The molecule has 2 heterocycles. The van der Waals surface area contributed by atoms with E-state index in [1.807, 2.05) is 39.8 Å². The van der Waals surface area contributed by atoms with Gasteiger partial charge in [0, 0.05) is 23.7 Å². The first-order valence-electron chi connectivity index (χ1n) is 6.47. The highest BCUT2D eigenvalue weighted by Crippen LogP contribution is 2.27. The van der Waals surface area contributed by atoms with Crippen LogP contribution < -0.4 is 4.74 Å². The van der Waals surface area contributed by atoms with Crippen LogP contribution in [0.15, 0.2) is 24.4 Å². The van der Waals surface area contributed by atoms with Crippen LogP contribution in [0.4, 0.5) is 4.39 Å². The molecule has 2 rings (SSSR count). The lowest BCUT2D eigenvalue weighted by molar-refractivity contribution is 0.317. The van der Waals surface area contributed by atoms with Crippen LogP contribution in [0.5, 0.6) is 5.75 Å². The normalized spacial score (nSPS) is 12.5. The number of ether oxygens (including phenoxy) is 1. The summed E-state index contributed by atoms with van der Waals surface area (Å²) in [7, 11) is 0. The lowest BCUT2D eigenvalue weighted by atomic mass is 10.2. The second-order valence-corrected chi connectivity index (χ2v) is 4.60. The van der Waals surface area contributed by atoms with Crippen molar-refractivity contribution in [1.29, 1.82) is 0 Å². The summed E-state index contributed by atoms with van der Waals surface area (Å²) in [6, 6.07) is 5.45. The molecule has 2 aromatic heterocycles. The van der Waals surface area contributed by atoms with E-state index in [-0.39, 0.29) is 17.6 Å². The van der Waals surface area contributed by atoms with E-state index < -0.39 is 0 Å². The van der Waals surface area contributed by atoms with Gasteiger partial charge < -0.3 is 9.30 Å². The Bertz CT molecular complexity index is 558. The molecule has 19 heavy (non-hydrogen) atoms. The lowest BCUT2D eigenvalue weighted by Gasteiger charge is -2.19. The van der Waals surface area contributed by atoms with Gasteiger partial charge in [0.2, 0.25) is 0 Å². The Kier molecular flexibility index (Phi) is 3.88. The standard InChI is InChI=1S/C15H19FN2O/c1-5-19-13-8-9-17-15(14(13)16)12(4)18-10(2)6-7-11(18)3/h6-9,12H,5H2,1-4H3. The average molecular weight is 262 g/mol. The van der Waals surface area contributed by atoms with E-state index in [0.717, 1.165) is 11.4 Å². The van der Waals surface area contributed by atoms with Gasteiger partial charge in [-0.05, 0) is 39.8 Å². The SMILES string of the molecule is CCOc1ccnc(C(C)n2c(C)ccc2C)c1F. The van der Waals surface area contributed by atoms with E-state index >= 15 is 0 Å². The molecule has 0 spiro atoms. The molecular formula is C15H19FN2O. The first-order chi connectivity index (χ1) is 9.06. The number of hydrogen-bond acceptors (Lipinski definition) is 2. The molecule has 0 saturated carbocycles. The van der Waals surface area contributed by atoms with Crippen molar-refractivity contribution in [3.8, 4) is 5.75 Å². The van der Waals surface area contributed by atoms with Gasteiger partial charge in [-0.25, -0.2) is 4.39 Å². The van der Waals surface area contributed by atoms with Crippen molar-refractivity contribution in [2.75, 3.05) is 6.61 Å². The summed E-state index contributed by atoms with van der Waals surface area (Å²) in [5.41, 5.74) is 2.59. The Balaban J connectivity index is 2.45. The maximum atomic E-state index is 14.4. The van der Waals surface area contributed by atoms with E-state index in [0.29, 0.717) is 12.3 Å². The number of hydrogen-bond donors (Lipinski definition) is 0. The topological polar surface area (TPSA) is 27.1 Å². The van der Waals surface area contributed by atoms with Crippen molar-refractivity contribution in [3.05, 3.63) is 47.3 Å². The lowest BCUT2D eigenvalue weighted by Crippen LogP contribution is -2.14. The summed E-state index contributed by atoms with van der Waals surface area (Å²) in [6.07, 6.45) is 1.59. The first-order valence-corrected chi connectivity index (χ1v) is 6.47. The van der Waals surface area contributed by atoms with Crippen LogP contribution in [0.1, 0.15) is 37.0 Å². The van der Waals surface area contributed by atoms with Gasteiger partial charge in [0.25, 0.3) is 0 Å². The molecule has 0 saturated heterocycles. The summed E-state index contributed by atoms with van der Waals surface area (Å²) in [5, 5.41) is 0. The maximum absolute atomic E-state index is 14.4. The third-order valence-electron chi connectivity index (χ3n) is 3.29. The van der Waals surface area contributed by atoms with Crippen LogP contribution in [-0.2, 0) is 0 Å². The highest BCUT2D eigenvalue weighted by atomic mass is 19.1. The molecule has 0 amide bonds. The van der Waals surface area contributed by atoms with E-state index in [9.17, 15) is 4.39 Å². The predicted octanol–water partition coefficient (Wildman–Crippen LogP) is 3.65. The fourth-order valence-corrected chi connectivity index (χ4v) is 2.41. The van der Waals surface area contributed by atoms with Gasteiger partial charge in [-0.3, -0.25) is 4.98 Å². The molecule has 102 valence electrons. The molecule has 0 bridgehead atoms. The molecule has 0 fully saturated rings. The molecule has 0 radical (unpaired) electrons. The molecule has 0 aliphatic carbocycles. The summed E-state index contributed by atoms with van der Waals surface area (Å²) in [4.78, 5) is 4.18. The second-order valence-electron chi connectivity index (χ2n) is 4.60. The summed E-state index contributed by atoms with van der Waals surface area (Å²) in [6.45, 7) is 8.24. The number of halogens is 1. The molecular weight excluding hydrogens is 243 g/mol. The van der Waals surface area contributed by atoms with Crippen molar-refractivity contribution in [1.82, 2.24) is 9.55 Å². The molecule has 3 nitrogen and oxygen atoms in total. The second kappa shape index (κ2) is 5.43. The molecule has 1 unspecified atom stereocenters. The Labute approximate surface area is 113 Å². The van der Waals surface area contributed by atoms with Crippen LogP contribution in [0.25, 0.3) is 0 Å². The number of pyridine rings is 1. The molecule has 0 aromatic carbocycles. The van der Waals surface area contributed by atoms with Gasteiger partial charge in [-0.1, -0.05) is 0 Å². The fourth-order valence-electron chi connectivity index (χ4n) is 2.41. The van der Waals surface area contributed by atoms with Crippen molar-refractivity contribution in [2.24, 2.45) is 0 Å². The zero-order valence-corrected chi connectivity index (χ0v) is 11.8. The van der Waals surface area contributed by atoms with Crippen LogP contribution >= 0.6 is 0 Å². The van der Waals surface area contributed by atoms with Crippen LogP contribution in [0.3, 0.4) is 0 Å². The van der Waals surface area contributed by atoms with E-state index in [1.54, 1.807) is 12.3 Å². The molecule has 0 aliphatic heterocycles. The Morgan fingerprint density at radius 1 is 1.26 bits per heavy atom. The quantitative estimate of drug-likeness (QED) is 0.841. The monoisotopic (exact) mass is 262 g/mol. The summed E-state index contributed by atoms with van der Waals surface area (Å²) >= 11 is 0. The zero-order valence-electron chi connectivity index (χ0n) is 11.8. The number of aryl methyl sites for hydroxylation is 2. The predicted molar refractivity (Wildman–Crippen MR) is 73.1 cm³/mol. The third kappa shape index (κ3) is 2.48. The summed E-state index contributed by atoms with van der Waals surface area (Å²) < 4.78 is 21.7. The van der Waals surface area contributed by atoms with Gasteiger partial charge in [0.05, 0.1) is 12.6 Å². The highest BCUT2D eigenvalue weighted by molar-refractivity contribution is 5.29. The molecule has 4 heteroatoms. The van der Waals surface area contributed by atoms with Crippen molar-refractivity contribution in [2.45, 2.75) is 33.7 Å². The fraction of sp³-hybridized carbons (Fsp3) is 0.400. The smallest absolute Gasteiger partial charge is 0.188 e. The Hall–Kier alpha value is -1.84. The third-order valence-corrected chi connectivity index (χ3v) is 3.29. The van der Waals surface area contributed by atoms with Gasteiger partial charge in [0.1, 0.15) is 5.69 Å².